The number of nitrogens with one attached hydrogen (secondary N) is 2. The lowest BCUT2D eigenvalue weighted by Crippen LogP contribution is -2.48. The van der Waals surface area contributed by atoms with Gasteiger partial charge in [-0.1, -0.05) is 29.8 Å². The summed E-state index contributed by atoms with van der Waals surface area (Å²) in [5, 5.41) is 16.7. The van der Waals surface area contributed by atoms with Gasteiger partial charge < -0.3 is 15.5 Å². The number of halogens is 1. The van der Waals surface area contributed by atoms with E-state index >= 15 is 0 Å². The largest absolute Gasteiger partial charge is 0.337 e. The summed E-state index contributed by atoms with van der Waals surface area (Å²) in [5.41, 5.74) is 1.13. The van der Waals surface area contributed by atoms with Gasteiger partial charge in [-0.2, -0.15) is 0 Å². The highest BCUT2D eigenvalue weighted by molar-refractivity contribution is 6.30. The maximum absolute atomic E-state index is 12.9. The van der Waals surface area contributed by atoms with E-state index in [9.17, 15) is 19.7 Å². The van der Waals surface area contributed by atoms with Crippen molar-refractivity contribution in [2.45, 2.75) is 31.8 Å². The number of carbonyl (C=O) groups is 2. The minimum atomic E-state index is -0.650. The number of carbonyl (C=O) groups excluding carboxylic acids is 2. The van der Waals surface area contributed by atoms with Gasteiger partial charge in [-0.15, -0.1) is 0 Å². The predicted octanol–water partition coefficient (Wildman–Crippen LogP) is 3.95. The van der Waals surface area contributed by atoms with Crippen LogP contribution in [-0.2, 0) is 11.3 Å². The normalized spacial score (nSPS) is 16.8. The van der Waals surface area contributed by atoms with Crippen molar-refractivity contribution in [1.29, 1.82) is 0 Å². The Morgan fingerprint density at radius 1 is 1.21 bits per heavy atom. The molecular formula is C20H21ClN4O4. The Labute approximate surface area is 173 Å². The molecule has 1 saturated heterocycles. The second-order valence-corrected chi connectivity index (χ2v) is 7.28. The van der Waals surface area contributed by atoms with Crippen LogP contribution in [0.1, 0.15) is 24.8 Å². The molecule has 0 aliphatic carbocycles. The van der Waals surface area contributed by atoms with Crippen molar-refractivity contribution in [3.63, 3.8) is 0 Å². The first kappa shape index (κ1) is 20.6. The highest BCUT2D eigenvalue weighted by Gasteiger charge is 2.28. The Bertz CT molecular complexity index is 904. The van der Waals surface area contributed by atoms with E-state index < -0.39 is 17.0 Å². The number of hydrogen-bond acceptors (Lipinski definition) is 4. The quantitative estimate of drug-likeness (QED) is 0.568. The van der Waals surface area contributed by atoms with E-state index in [-0.39, 0.29) is 17.3 Å². The van der Waals surface area contributed by atoms with Crippen LogP contribution < -0.4 is 10.6 Å². The first-order valence-electron chi connectivity index (χ1n) is 9.27. The van der Waals surface area contributed by atoms with E-state index in [1.54, 1.807) is 23.1 Å². The molecule has 29 heavy (non-hydrogen) atoms. The van der Waals surface area contributed by atoms with Crippen molar-refractivity contribution >= 4 is 34.9 Å². The lowest BCUT2D eigenvalue weighted by Gasteiger charge is -2.25. The maximum atomic E-state index is 12.9. The van der Waals surface area contributed by atoms with Gasteiger partial charge in [-0.25, -0.2) is 4.79 Å². The summed E-state index contributed by atoms with van der Waals surface area (Å²) in [4.78, 5) is 37.3. The van der Waals surface area contributed by atoms with Crippen LogP contribution >= 0.6 is 11.6 Å². The van der Waals surface area contributed by atoms with Gasteiger partial charge in [0.25, 0.3) is 5.69 Å². The Kier molecular flexibility index (Phi) is 6.66. The van der Waals surface area contributed by atoms with Crippen molar-refractivity contribution in [3.05, 3.63) is 69.2 Å². The molecule has 3 amide bonds. The fourth-order valence-electron chi connectivity index (χ4n) is 3.23. The topological polar surface area (TPSA) is 105 Å². The summed E-state index contributed by atoms with van der Waals surface area (Å²) in [5.74, 6) is -0.147. The standard InChI is InChI=1S/C20H21ClN4O4/c21-15-9-7-14(8-10-15)13-24-11-2-1-6-18(19(24)26)23-20(27)22-16-4-3-5-17(12-16)25(28)29/h3-5,7-10,12,18H,1-2,6,11,13H2,(H2,22,23,27). The molecule has 1 heterocycles. The molecule has 152 valence electrons. The summed E-state index contributed by atoms with van der Waals surface area (Å²) in [6.45, 7) is 1.06. The number of hydrogen-bond donors (Lipinski definition) is 2. The Balaban J connectivity index is 1.63. The average molecular weight is 417 g/mol. The Hall–Kier alpha value is -3.13. The van der Waals surface area contributed by atoms with Crippen molar-refractivity contribution in [2.24, 2.45) is 0 Å². The van der Waals surface area contributed by atoms with E-state index in [1.807, 2.05) is 12.1 Å². The minimum Gasteiger partial charge on any atom is -0.337 e. The van der Waals surface area contributed by atoms with Crippen molar-refractivity contribution in [3.8, 4) is 0 Å². The Morgan fingerprint density at radius 3 is 2.69 bits per heavy atom. The number of nitro groups is 1. The van der Waals surface area contributed by atoms with Crippen LogP contribution in [0.2, 0.25) is 5.02 Å². The number of anilines is 1. The zero-order valence-corrected chi connectivity index (χ0v) is 16.4. The van der Waals surface area contributed by atoms with Crippen LogP contribution in [0.5, 0.6) is 0 Å². The number of rotatable bonds is 5. The van der Waals surface area contributed by atoms with Gasteiger partial charge in [-0.3, -0.25) is 14.9 Å². The molecule has 1 aliphatic heterocycles. The van der Waals surface area contributed by atoms with E-state index in [0.717, 1.165) is 18.4 Å². The number of amides is 3. The lowest BCUT2D eigenvalue weighted by atomic mass is 10.1. The summed E-state index contributed by atoms with van der Waals surface area (Å²) in [6, 6.07) is 11.7. The Morgan fingerprint density at radius 2 is 1.97 bits per heavy atom. The van der Waals surface area contributed by atoms with Crippen LogP contribution in [0.3, 0.4) is 0 Å². The van der Waals surface area contributed by atoms with E-state index in [1.165, 1.54) is 18.2 Å². The highest BCUT2D eigenvalue weighted by atomic mass is 35.5. The number of likely N-dealkylation sites (tertiary alicyclic amines) is 1. The number of urea groups is 1. The summed E-state index contributed by atoms with van der Waals surface area (Å²) in [6.07, 6.45) is 2.20. The molecular weight excluding hydrogens is 396 g/mol. The molecule has 0 aromatic heterocycles. The molecule has 0 saturated carbocycles. The summed E-state index contributed by atoms with van der Waals surface area (Å²) >= 11 is 5.91. The third kappa shape index (κ3) is 5.68. The monoisotopic (exact) mass is 416 g/mol. The molecule has 9 heteroatoms. The number of nitro benzene ring substituents is 1. The molecule has 0 bridgehead atoms. The molecule has 2 aromatic carbocycles. The van der Waals surface area contributed by atoms with Crippen LogP contribution in [0.4, 0.5) is 16.2 Å². The fraction of sp³-hybridized carbons (Fsp3) is 0.300. The summed E-state index contributed by atoms with van der Waals surface area (Å²) in [7, 11) is 0. The van der Waals surface area contributed by atoms with E-state index in [0.29, 0.717) is 24.5 Å². The van der Waals surface area contributed by atoms with E-state index in [4.69, 9.17) is 11.6 Å². The molecule has 2 aromatic rings. The smallest absolute Gasteiger partial charge is 0.319 e. The molecule has 1 aliphatic rings. The van der Waals surface area contributed by atoms with Gasteiger partial charge >= 0.3 is 6.03 Å². The highest BCUT2D eigenvalue weighted by Crippen LogP contribution is 2.19. The van der Waals surface area contributed by atoms with Gasteiger partial charge in [0.2, 0.25) is 5.91 Å². The number of benzene rings is 2. The third-order valence-electron chi connectivity index (χ3n) is 4.69. The molecule has 8 nitrogen and oxygen atoms in total. The van der Waals surface area contributed by atoms with Crippen molar-refractivity contribution in [1.82, 2.24) is 10.2 Å². The SMILES string of the molecule is O=C(Nc1cccc([N+](=O)[O-])c1)NC1CCCCN(Cc2ccc(Cl)cc2)C1=O. The summed E-state index contributed by atoms with van der Waals surface area (Å²) < 4.78 is 0. The first-order chi connectivity index (χ1) is 13.9. The van der Waals surface area contributed by atoms with Gasteiger partial charge in [0, 0.05) is 35.9 Å². The number of nitrogens with zero attached hydrogens (tertiary/aromatic N) is 2. The zero-order chi connectivity index (χ0) is 20.8. The van der Waals surface area contributed by atoms with E-state index in [2.05, 4.69) is 10.6 Å². The van der Waals surface area contributed by atoms with Crippen LogP contribution in [0.15, 0.2) is 48.5 Å². The van der Waals surface area contributed by atoms with Gasteiger partial charge in [0.1, 0.15) is 6.04 Å². The molecule has 1 unspecified atom stereocenters. The minimum absolute atomic E-state index is 0.123. The van der Waals surface area contributed by atoms with Gasteiger partial charge in [0.15, 0.2) is 0 Å². The first-order valence-corrected chi connectivity index (χ1v) is 9.65. The molecule has 0 radical (unpaired) electrons. The average Bonchev–Trinajstić information content (AvgIpc) is 2.86. The van der Waals surface area contributed by atoms with Crippen LogP contribution in [0.25, 0.3) is 0 Å². The molecule has 1 atom stereocenters. The third-order valence-corrected chi connectivity index (χ3v) is 4.94. The zero-order valence-electron chi connectivity index (χ0n) is 15.6. The van der Waals surface area contributed by atoms with Crippen LogP contribution in [0, 0.1) is 10.1 Å². The van der Waals surface area contributed by atoms with Gasteiger partial charge in [-0.05, 0) is 43.0 Å². The molecule has 2 N–H and O–H groups in total. The van der Waals surface area contributed by atoms with Crippen molar-refractivity contribution < 1.29 is 14.5 Å². The lowest BCUT2D eigenvalue weighted by molar-refractivity contribution is -0.384. The molecule has 1 fully saturated rings. The van der Waals surface area contributed by atoms with Gasteiger partial charge in [0.05, 0.1) is 4.92 Å². The van der Waals surface area contributed by atoms with Crippen molar-refractivity contribution in [2.75, 3.05) is 11.9 Å². The second kappa shape index (κ2) is 9.38. The second-order valence-electron chi connectivity index (χ2n) is 6.84. The molecule has 0 spiro atoms. The van der Waals surface area contributed by atoms with Crippen LogP contribution in [-0.4, -0.2) is 34.3 Å². The maximum Gasteiger partial charge on any atom is 0.319 e. The predicted molar refractivity (Wildman–Crippen MR) is 110 cm³/mol. The molecule has 3 rings (SSSR count). The fourth-order valence-corrected chi connectivity index (χ4v) is 3.35. The number of non-ortho nitro benzene ring substituents is 1.